The second kappa shape index (κ2) is 5.46. The van der Waals surface area contributed by atoms with Gasteiger partial charge in [0.2, 0.25) is 0 Å². The van der Waals surface area contributed by atoms with Gasteiger partial charge >= 0.3 is 29.6 Å². The van der Waals surface area contributed by atoms with E-state index in [4.69, 9.17) is 9.47 Å². The number of methoxy groups -OCH3 is 2. The summed E-state index contributed by atoms with van der Waals surface area (Å²) in [6, 6.07) is 5.72. The summed E-state index contributed by atoms with van der Waals surface area (Å²) in [6.45, 7) is 1.99. The van der Waals surface area contributed by atoms with Crippen LogP contribution in [0.4, 0.5) is 0 Å². The fraction of sp³-hybridized carbons (Fsp3) is 0.333. The molecule has 2 nitrogen and oxygen atoms in total. The Morgan fingerprint density at radius 2 is 1.83 bits per heavy atom. The Morgan fingerprint density at radius 1 is 1.17 bits per heavy atom. The van der Waals surface area contributed by atoms with E-state index in [9.17, 15) is 0 Å². The summed E-state index contributed by atoms with van der Waals surface area (Å²) >= 11 is 0. The number of hydrogen-bond acceptors (Lipinski definition) is 2. The van der Waals surface area contributed by atoms with Gasteiger partial charge in [-0.15, -0.1) is 0 Å². The molecule has 0 N–H and O–H groups in total. The average Bonchev–Trinajstić information content (AvgIpc) is 2.04. The van der Waals surface area contributed by atoms with Gasteiger partial charge in [0.25, 0.3) is 0 Å². The zero-order valence-electron chi connectivity index (χ0n) is 9.05. The first-order valence-corrected chi connectivity index (χ1v) is 3.46. The van der Waals surface area contributed by atoms with Gasteiger partial charge in [-0.3, -0.25) is 0 Å². The van der Waals surface area contributed by atoms with Gasteiger partial charge in [-0.2, -0.15) is 0 Å². The van der Waals surface area contributed by atoms with Crippen molar-refractivity contribution in [2.24, 2.45) is 0 Å². The third-order valence-electron chi connectivity index (χ3n) is 1.60. The third kappa shape index (κ3) is 2.70. The van der Waals surface area contributed by atoms with E-state index in [0.717, 1.165) is 17.1 Å². The number of ether oxygens (including phenoxy) is 2. The van der Waals surface area contributed by atoms with Crippen LogP contribution in [-0.2, 0) is 0 Å². The first-order chi connectivity index (χ1) is 5.27. The third-order valence-corrected chi connectivity index (χ3v) is 1.60. The fourth-order valence-corrected chi connectivity index (χ4v) is 0.978. The smallest absolute Gasteiger partial charge is 1.00 e. The second-order valence-corrected chi connectivity index (χ2v) is 2.34. The maximum Gasteiger partial charge on any atom is 1.00 e. The zero-order chi connectivity index (χ0) is 8.27. The van der Waals surface area contributed by atoms with Crippen molar-refractivity contribution < 1.29 is 40.5 Å². The molecule has 1 rings (SSSR count). The van der Waals surface area contributed by atoms with Crippen LogP contribution in [0.15, 0.2) is 18.2 Å². The van der Waals surface area contributed by atoms with Crippen molar-refractivity contribution in [2.45, 2.75) is 6.92 Å². The number of aryl methyl sites for hydroxylation is 1. The van der Waals surface area contributed by atoms with E-state index < -0.39 is 0 Å². The second-order valence-electron chi connectivity index (χ2n) is 2.34. The van der Waals surface area contributed by atoms with Crippen LogP contribution < -0.4 is 39.0 Å². The number of rotatable bonds is 2. The topological polar surface area (TPSA) is 18.5 Å². The molecule has 0 bridgehead atoms. The molecule has 1 aromatic carbocycles. The minimum absolute atomic E-state index is 0. The molecule has 0 fully saturated rings. The summed E-state index contributed by atoms with van der Waals surface area (Å²) in [5.41, 5.74) is 1.09. The quantitative estimate of drug-likeness (QED) is 0.545. The summed E-state index contributed by atoms with van der Waals surface area (Å²) in [7, 11) is 3.32. The van der Waals surface area contributed by atoms with Crippen LogP contribution in [0.5, 0.6) is 11.5 Å². The van der Waals surface area contributed by atoms with Crippen molar-refractivity contribution in [3.8, 4) is 11.5 Å². The zero-order valence-corrected chi connectivity index (χ0v) is 10.0. The molecule has 0 saturated heterocycles. The predicted molar refractivity (Wildman–Crippen MR) is 45.4 cm³/mol. The van der Waals surface area contributed by atoms with Gasteiger partial charge in [-0.25, -0.2) is 0 Å². The van der Waals surface area contributed by atoms with E-state index >= 15 is 0 Å². The van der Waals surface area contributed by atoms with Gasteiger partial charge in [0, 0.05) is 0 Å². The van der Waals surface area contributed by atoms with Gasteiger partial charge in [-0.05, 0) is 30.7 Å². The molecule has 0 radical (unpaired) electrons. The average molecular weight is 176 g/mol. The Hall–Kier alpha value is -0.180. The Kier molecular flexibility index (Phi) is 5.38. The van der Waals surface area contributed by atoms with Crippen LogP contribution in [0.3, 0.4) is 0 Å². The number of hydrogen-bond donors (Lipinski definition) is 0. The molecule has 3 heteroatoms. The Morgan fingerprint density at radius 3 is 2.25 bits per heavy atom. The largest absolute Gasteiger partial charge is 1.00 e. The van der Waals surface area contributed by atoms with Crippen molar-refractivity contribution in [1.29, 1.82) is 0 Å². The molecule has 1 aromatic rings. The van der Waals surface area contributed by atoms with Crippen molar-refractivity contribution in [1.82, 2.24) is 0 Å². The Balaban J connectivity index is 0. The van der Waals surface area contributed by atoms with Gasteiger partial charge in [0.15, 0.2) is 0 Å². The predicted octanol–water partition coefficient (Wildman–Crippen LogP) is -0.871. The monoisotopic (exact) mass is 176 g/mol. The van der Waals surface area contributed by atoms with Crippen LogP contribution in [0.25, 0.3) is 0 Å². The van der Waals surface area contributed by atoms with E-state index in [1.807, 2.05) is 25.1 Å². The maximum atomic E-state index is 5.09. The van der Waals surface area contributed by atoms with E-state index in [-0.39, 0.29) is 31.0 Å². The molecule has 0 heterocycles. The summed E-state index contributed by atoms with van der Waals surface area (Å²) in [6.07, 6.45) is 0. The van der Waals surface area contributed by atoms with Gasteiger partial charge in [0.05, 0.1) is 14.2 Å². The molecule has 0 aromatic heterocycles. The summed E-state index contributed by atoms with van der Waals surface area (Å²) < 4.78 is 10.1. The van der Waals surface area contributed by atoms with Crippen molar-refractivity contribution in [2.75, 3.05) is 14.2 Å². The minimum Gasteiger partial charge on any atom is -1.00 e. The van der Waals surface area contributed by atoms with Gasteiger partial charge < -0.3 is 10.9 Å². The van der Waals surface area contributed by atoms with Crippen molar-refractivity contribution in [3.05, 3.63) is 23.8 Å². The molecule has 0 saturated carbocycles. The standard InChI is InChI=1S/C9H12O2.Na.H/c1-7-6-8(10-2)4-5-9(7)11-3;;/h4-6H,1-3H3;;/q;+1;-1. The Labute approximate surface area is 96.7 Å². The molecule has 0 aliphatic carbocycles. The molecular formula is C9H13NaO2. The minimum atomic E-state index is 0. The van der Waals surface area contributed by atoms with Crippen LogP contribution in [0, 0.1) is 6.92 Å². The normalized spacial score (nSPS) is 8.58. The van der Waals surface area contributed by atoms with E-state index in [1.54, 1.807) is 14.2 Å². The summed E-state index contributed by atoms with van der Waals surface area (Å²) in [5.74, 6) is 1.76. The number of benzene rings is 1. The molecule has 0 aliphatic heterocycles. The SMILES string of the molecule is COc1ccc(OC)c(C)c1.[H-].[Na+]. The first-order valence-electron chi connectivity index (χ1n) is 3.46. The van der Waals surface area contributed by atoms with Crippen molar-refractivity contribution >= 4 is 0 Å². The molecule has 0 unspecified atom stereocenters. The van der Waals surface area contributed by atoms with Crippen molar-refractivity contribution in [3.63, 3.8) is 0 Å². The van der Waals surface area contributed by atoms with Crippen LogP contribution in [0.1, 0.15) is 6.99 Å². The Bertz CT molecular complexity index is 253. The van der Waals surface area contributed by atoms with Gasteiger partial charge in [-0.1, -0.05) is 0 Å². The summed E-state index contributed by atoms with van der Waals surface area (Å²) in [5, 5.41) is 0. The molecule has 0 amide bonds. The molecule has 0 aliphatic rings. The summed E-state index contributed by atoms with van der Waals surface area (Å²) in [4.78, 5) is 0. The fourth-order valence-electron chi connectivity index (χ4n) is 0.978. The molecule has 62 valence electrons. The van der Waals surface area contributed by atoms with Crippen LogP contribution in [-0.4, -0.2) is 14.2 Å². The maximum absolute atomic E-state index is 5.09. The van der Waals surface area contributed by atoms with E-state index in [1.165, 1.54) is 0 Å². The molecular weight excluding hydrogens is 163 g/mol. The van der Waals surface area contributed by atoms with Gasteiger partial charge in [0.1, 0.15) is 11.5 Å². The van der Waals surface area contributed by atoms with E-state index in [0.29, 0.717) is 0 Å². The van der Waals surface area contributed by atoms with E-state index in [2.05, 4.69) is 0 Å². The van der Waals surface area contributed by atoms with Crippen LogP contribution in [0.2, 0.25) is 0 Å². The molecule has 12 heavy (non-hydrogen) atoms. The molecule has 0 atom stereocenters. The first kappa shape index (κ1) is 11.8. The molecule has 0 spiro atoms. The van der Waals surface area contributed by atoms with Crippen LogP contribution >= 0.6 is 0 Å².